The Morgan fingerprint density at radius 3 is 2.88 bits per heavy atom. The average Bonchev–Trinajstić information content (AvgIpc) is 2.72. The molecule has 1 aromatic carbocycles. The minimum absolute atomic E-state index is 0.304. The lowest BCUT2D eigenvalue weighted by molar-refractivity contribution is 0.0697. The van der Waals surface area contributed by atoms with Crippen molar-refractivity contribution in [1.29, 1.82) is 0 Å². The summed E-state index contributed by atoms with van der Waals surface area (Å²) in [5.41, 5.74) is 2.40. The SMILES string of the molecule is Cc1ccsc1CNc1cccc(C(=O)O)c1. The lowest BCUT2D eigenvalue weighted by atomic mass is 10.2. The summed E-state index contributed by atoms with van der Waals surface area (Å²) >= 11 is 1.70. The highest BCUT2D eigenvalue weighted by molar-refractivity contribution is 7.10. The largest absolute Gasteiger partial charge is 0.478 e. The zero-order valence-corrected chi connectivity index (χ0v) is 10.3. The predicted molar refractivity (Wildman–Crippen MR) is 69.8 cm³/mol. The fourth-order valence-corrected chi connectivity index (χ4v) is 2.38. The molecule has 0 radical (unpaired) electrons. The first-order valence-corrected chi connectivity index (χ1v) is 6.15. The van der Waals surface area contributed by atoms with Crippen LogP contribution in [-0.4, -0.2) is 11.1 Å². The molecule has 2 N–H and O–H groups in total. The second kappa shape index (κ2) is 5.01. The van der Waals surface area contributed by atoms with Crippen LogP contribution < -0.4 is 5.32 Å². The van der Waals surface area contributed by atoms with Crippen LogP contribution in [0.15, 0.2) is 35.7 Å². The normalized spacial score (nSPS) is 10.2. The van der Waals surface area contributed by atoms with Gasteiger partial charge in [-0.15, -0.1) is 11.3 Å². The van der Waals surface area contributed by atoms with Gasteiger partial charge >= 0.3 is 5.97 Å². The van der Waals surface area contributed by atoms with Crippen LogP contribution in [0.25, 0.3) is 0 Å². The van der Waals surface area contributed by atoms with E-state index >= 15 is 0 Å². The molecule has 0 saturated heterocycles. The van der Waals surface area contributed by atoms with E-state index in [4.69, 9.17) is 5.11 Å². The standard InChI is InChI=1S/C13H13NO2S/c1-9-5-6-17-12(9)8-14-11-4-2-3-10(7-11)13(15)16/h2-7,14H,8H2,1H3,(H,15,16). The van der Waals surface area contributed by atoms with E-state index in [2.05, 4.69) is 23.7 Å². The molecule has 0 atom stereocenters. The van der Waals surface area contributed by atoms with Gasteiger partial charge < -0.3 is 10.4 Å². The van der Waals surface area contributed by atoms with Crippen LogP contribution in [0.4, 0.5) is 5.69 Å². The summed E-state index contributed by atoms with van der Waals surface area (Å²) in [5.74, 6) is -0.902. The van der Waals surface area contributed by atoms with E-state index in [0.29, 0.717) is 5.56 Å². The Morgan fingerprint density at radius 1 is 1.41 bits per heavy atom. The molecule has 1 heterocycles. The van der Waals surface area contributed by atoms with Crippen LogP contribution in [-0.2, 0) is 6.54 Å². The van der Waals surface area contributed by atoms with Crippen LogP contribution in [0.5, 0.6) is 0 Å². The highest BCUT2D eigenvalue weighted by atomic mass is 32.1. The topological polar surface area (TPSA) is 49.3 Å². The van der Waals surface area contributed by atoms with Gasteiger partial charge in [0, 0.05) is 17.1 Å². The van der Waals surface area contributed by atoms with Crippen LogP contribution in [0.1, 0.15) is 20.8 Å². The van der Waals surface area contributed by atoms with E-state index < -0.39 is 5.97 Å². The summed E-state index contributed by atoms with van der Waals surface area (Å²) in [7, 11) is 0. The number of carboxylic acids is 1. The summed E-state index contributed by atoms with van der Waals surface area (Å²) < 4.78 is 0. The molecule has 0 fully saturated rings. The summed E-state index contributed by atoms with van der Waals surface area (Å²) in [4.78, 5) is 12.1. The summed E-state index contributed by atoms with van der Waals surface area (Å²) in [6, 6.07) is 8.92. The van der Waals surface area contributed by atoms with Crippen LogP contribution in [0.3, 0.4) is 0 Å². The van der Waals surface area contributed by atoms with Crippen molar-refractivity contribution in [2.75, 3.05) is 5.32 Å². The number of carbonyl (C=O) groups is 1. The molecule has 88 valence electrons. The number of hydrogen-bond acceptors (Lipinski definition) is 3. The van der Waals surface area contributed by atoms with Crippen molar-refractivity contribution in [3.8, 4) is 0 Å². The zero-order valence-electron chi connectivity index (χ0n) is 9.43. The smallest absolute Gasteiger partial charge is 0.335 e. The van der Waals surface area contributed by atoms with Crippen LogP contribution in [0, 0.1) is 6.92 Å². The number of aryl methyl sites for hydroxylation is 1. The number of anilines is 1. The summed E-state index contributed by atoms with van der Waals surface area (Å²) in [6.45, 7) is 2.80. The van der Waals surface area contributed by atoms with Gasteiger partial charge in [-0.3, -0.25) is 0 Å². The quantitative estimate of drug-likeness (QED) is 0.871. The Labute approximate surface area is 104 Å². The molecule has 2 aromatic rings. The van der Waals surface area contributed by atoms with Gasteiger partial charge in [-0.05, 0) is 42.1 Å². The van der Waals surface area contributed by atoms with Crippen molar-refractivity contribution in [1.82, 2.24) is 0 Å². The van der Waals surface area contributed by atoms with E-state index in [0.717, 1.165) is 12.2 Å². The van der Waals surface area contributed by atoms with E-state index in [1.54, 1.807) is 29.5 Å². The summed E-state index contributed by atoms with van der Waals surface area (Å²) in [6.07, 6.45) is 0. The Balaban J connectivity index is 2.07. The maximum absolute atomic E-state index is 10.8. The molecule has 4 heteroatoms. The number of benzene rings is 1. The molecule has 0 aliphatic rings. The Bertz CT molecular complexity index is 534. The first-order valence-electron chi connectivity index (χ1n) is 5.27. The molecule has 0 spiro atoms. The zero-order chi connectivity index (χ0) is 12.3. The van der Waals surface area contributed by atoms with Crippen molar-refractivity contribution in [2.45, 2.75) is 13.5 Å². The van der Waals surface area contributed by atoms with E-state index in [1.807, 2.05) is 6.07 Å². The Kier molecular flexibility index (Phi) is 3.44. The van der Waals surface area contributed by atoms with Crippen molar-refractivity contribution in [2.24, 2.45) is 0 Å². The molecular weight excluding hydrogens is 234 g/mol. The molecule has 3 nitrogen and oxygen atoms in total. The molecule has 0 unspecified atom stereocenters. The number of aromatic carboxylic acids is 1. The van der Waals surface area contributed by atoms with Gasteiger partial charge in [0.2, 0.25) is 0 Å². The molecule has 0 aliphatic heterocycles. The monoisotopic (exact) mass is 247 g/mol. The van der Waals surface area contributed by atoms with Gasteiger partial charge in [0.15, 0.2) is 0 Å². The van der Waals surface area contributed by atoms with Crippen molar-refractivity contribution in [3.05, 3.63) is 51.7 Å². The van der Waals surface area contributed by atoms with Crippen LogP contribution in [0.2, 0.25) is 0 Å². The fourth-order valence-electron chi connectivity index (χ4n) is 1.53. The minimum Gasteiger partial charge on any atom is -0.478 e. The maximum atomic E-state index is 10.8. The third-order valence-electron chi connectivity index (χ3n) is 2.53. The minimum atomic E-state index is -0.902. The average molecular weight is 247 g/mol. The second-order valence-corrected chi connectivity index (χ2v) is 4.77. The van der Waals surface area contributed by atoms with Gasteiger partial charge in [-0.1, -0.05) is 6.07 Å². The molecule has 2 rings (SSSR count). The molecule has 0 saturated carbocycles. The lowest BCUT2D eigenvalue weighted by Gasteiger charge is -2.06. The second-order valence-electron chi connectivity index (χ2n) is 3.77. The third kappa shape index (κ3) is 2.85. The maximum Gasteiger partial charge on any atom is 0.335 e. The van der Waals surface area contributed by atoms with Gasteiger partial charge in [0.25, 0.3) is 0 Å². The van der Waals surface area contributed by atoms with Crippen molar-refractivity contribution in [3.63, 3.8) is 0 Å². The first kappa shape index (κ1) is 11.7. The molecule has 0 bridgehead atoms. The van der Waals surface area contributed by atoms with Gasteiger partial charge in [0.1, 0.15) is 0 Å². The Morgan fingerprint density at radius 2 is 2.24 bits per heavy atom. The number of rotatable bonds is 4. The molecular formula is C13H13NO2S. The number of nitrogens with one attached hydrogen (secondary N) is 1. The van der Waals surface area contributed by atoms with Crippen molar-refractivity contribution < 1.29 is 9.90 Å². The van der Waals surface area contributed by atoms with E-state index in [-0.39, 0.29) is 0 Å². The Hall–Kier alpha value is -1.81. The lowest BCUT2D eigenvalue weighted by Crippen LogP contribution is -2.01. The van der Waals surface area contributed by atoms with Gasteiger partial charge in [-0.2, -0.15) is 0 Å². The van der Waals surface area contributed by atoms with Gasteiger partial charge in [-0.25, -0.2) is 4.79 Å². The third-order valence-corrected chi connectivity index (χ3v) is 3.55. The van der Waals surface area contributed by atoms with Crippen LogP contribution >= 0.6 is 11.3 Å². The number of carboxylic acid groups (broad SMARTS) is 1. The van der Waals surface area contributed by atoms with Gasteiger partial charge in [0.05, 0.1) is 5.56 Å². The number of thiophene rings is 1. The molecule has 17 heavy (non-hydrogen) atoms. The van der Waals surface area contributed by atoms with E-state index in [1.165, 1.54) is 10.4 Å². The number of hydrogen-bond donors (Lipinski definition) is 2. The summed E-state index contributed by atoms with van der Waals surface area (Å²) in [5, 5.41) is 14.2. The highest BCUT2D eigenvalue weighted by Crippen LogP contribution is 2.18. The van der Waals surface area contributed by atoms with Crippen molar-refractivity contribution >= 4 is 23.0 Å². The fraction of sp³-hybridized carbons (Fsp3) is 0.154. The molecule has 0 aliphatic carbocycles. The molecule has 0 amide bonds. The predicted octanol–water partition coefficient (Wildman–Crippen LogP) is 3.37. The van der Waals surface area contributed by atoms with E-state index in [9.17, 15) is 4.79 Å². The first-order chi connectivity index (χ1) is 8.16. The molecule has 1 aromatic heterocycles. The highest BCUT2D eigenvalue weighted by Gasteiger charge is 2.04.